The third-order valence-electron chi connectivity index (χ3n) is 3.36. The highest BCUT2D eigenvalue weighted by Gasteiger charge is 2.33. The molecule has 0 saturated heterocycles. The standard InChI is InChI=1S/C13H17IN2O2/c1-3-5-9-8(2)15-12-10(11(14)17)6-4-7-16(12)13(9)18/h15H,3-7H2,1-2H3. The van der Waals surface area contributed by atoms with Gasteiger partial charge in [-0.1, -0.05) is 13.3 Å². The zero-order valence-corrected chi connectivity index (χ0v) is 12.8. The lowest BCUT2D eigenvalue weighted by Gasteiger charge is -2.37. The summed E-state index contributed by atoms with van der Waals surface area (Å²) < 4.78 is 0.0272. The summed E-state index contributed by atoms with van der Waals surface area (Å²) in [6, 6.07) is 0. The predicted octanol–water partition coefficient (Wildman–Crippen LogP) is 2.46. The van der Waals surface area contributed by atoms with E-state index in [1.165, 1.54) is 0 Å². The maximum Gasteiger partial charge on any atom is 0.257 e. The van der Waals surface area contributed by atoms with Crippen molar-refractivity contribution in [2.24, 2.45) is 0 Å². The van der Waals surface area contributed by atoms with E-state index in [0.29, 0.717) is 12.4 Å². The molecule has 1 N–H and O–H groups in total. The van der Waals surface area contributed by atoms with Crippen LogP contribution in [0, 0.1) is 0 Å². The molecule has 2 aliphatic rings. The topological polar surface area (TPSA) is 49.4 Å². The number of fused-ring (bicyclic) bond motifs is 1. The number of nitrogens with one attached hydrogen (secondary N) is 1. The third-order valence-corrected chi connectivity index (χ3v) is 4.01. The molecular formula is C13H17IN2O2. The first-order valence-electron chi connectivity index (χ1n) is 6.27. The molecule has 1 amide bonds. The van der Waals surface area contributed by atoms with Gasteiger partial charge < -0.3 is 5.32 Å². The summed E-state index contributed by atoms with van der Waals surface area (Å²) in [5.74, 6) is 0.779. The van der Waals surface area contributed by atoms with Crippen LogP contribution in [0.5, 0.6) is 0 Å². The molecule has 0 radical (unpaired) electrons. The summed E-state index contributed by atoms with van der Waals surface area (Å²) in [7, 11) is 0. The van der Waals surface area contributed by atoms with Gasteiger partial charge in [-0.15, -0.1) is 0 Å². The Morgan fingerprint density at radius 2 is 2.22 bits per heavy atom. The number of nitrogens with zero attached hydrogens (tertiary/aromatic N) is 1. The summed E-state index contributed by atoms with van der Waals surface area (Å²) >= 11 is 1.80. The largest absolute Gasteiger partial charge is 0.345 e. The van der Waals surface area contributed by atoms with E-state index in [1.807, 2.05) is 6.92 Å². The molecule has 2 aliphatic heterocycles. The van der Waals surface area contributed by atoms with Crippen LogP contribution in [0.15, 0.2) is 22.7 Å². The first-order chi connectivity index (χ1) is 8.56. The van der Waals surface area contributed by atoms with Gasteiger partial charge in [-0.05, 0) is 26.2 Å². The third kappa shape index (κ3) is 2.32. The number of rotatable bonds is 3. The first-order valence-corrected chi connectivity index (χ1v) is 7.35. The molecule has 0 unspecified atom stereocenters. The van der Waals surface area contributed by atoms with Gasteiger partial charge in [0.05, 0.1) is 0 Å². The van der Waals surface area contributed by atoms with Gasteiger partial charge in [-0.3, -0.25) is 14.5 Å². The number of hydrogen-bond acceptors (Lipinski definition) is 3. The Bertz CT molecular complexity index is 466. The minimum Gasteiger partial charge on any atom is -0.345 e. The summed E-state index contributed by atoms with van der Waals surface area (Å²) in [5, 5.41) is 3.25. The van der Waals surface area contributed by atoms with E-state index in [-0.39, 0.29) is 9.70 Å². The Balaban J connectivity index is 2.44. The van der Waals surface area contributed by atoms with E-state index >= 15 is 0 Å². The van der Waals surface area contributed by atoms with Crippen LogP contribution in [0.2, 0.25) is 0 Å². The zero-order chi connectivity index (χ0) is 13.3. The van der Waals surface area contributed by atoms with Crippen molar-refractivity contribution in [1.29, 1.82) is 0 Å². The smallest absolute Gasteiger partial charge is 0.257 e. The molecule has 4 nitrogen and oxygen atoms in total. The van der Waals surface area contributed by atoms with E-state index in [2.05, 4.69) is 12.2 Å². The number of hydrogen-bond donors (Lipinski definition) is 1. The molecule has 18 heavy (non-hydrogen) atoms. The van der Waals surface area contributed by atoms with Crippen LogP contribution in [0.4, 0.5) is 0 Å². The van der Waals surface area contributed by atoms with Crippen LogP contribution >= 0.6 is 22.6 Å². The molecule has 98 valence electrons. The predicted molar refractivity (Wildman–Crippen MR) is 77.7 cm³/mol. The van der Waals surface area contributed by atoms with Crippen molar-refractivity contribution in [3.8, 4) is 0 Å². The van der Waals surface area contributed by atoms with Crippen molar-refractivity contribution in [3.63, 3.8) is 0 Å². The molecule has 2 heterocycles. The van der Waals surface area contributed by atoms with Crippen LogP contribution in [0.3, 0.4) is 0 Å². The number of carbonyl (C=O) groups is 2. The van der Waals surface area contributed by atoms with Crippen LogP contribution in [-0.4, -0.2) is 21.1 Å². The second-order valence-electron chi connectivity index (χ2n) is 4.64. The lowest BCUT2D eigenvalue weighted by Crippen LogP contribution is -2.46. The highest BCUT2D eigenvalue weighted by atomic mass is 127. The molecule has 2 rings (SSSR count). The van der Waals surface area contributed by atoms with Gasteiger partial charge in [0.2, 0.25) is 3.79 Å². The van der Waals surface area contributed by atoms with Crippen LogP contribution in [-0.2, 0) is 9.59 Å². The van der Waals surface area contributed by atoms with Crippen molar-refractivity contribution in [1.82, 2.24) is 10.2 Å². The van der Waals surface area contributed by atoms with Gasteiger partial charge in [-0.25, -0.2) is 0 Å². The summed E-state index contributed by atoms with van der Waals surface area (Å²) in [4.78, 5) is 25.7. The van der Waals surface area contributed by atoms with Crippen LogP contribution in [0.25, 0.3) is 0 Å². The summed E-state index contributed by atoms with van der Waals surface area (Å²) in [5.41, 5.74) is 2.48. The number of halogens is 1. The fraction of sp³-hybridized carbons (Fsp3) is 0.538. The van der Waals surface area contributed by atoms with Gasteiger partial charge >= 0.3 is 0 Å². The molecule has 0 aliphatic carbocycles. The fourth-order valence-electron chi connectivity index (χ4n) is 2.47. The molecule has 0 aromatic rings. The van der Waals surface area contributed by atoms with E-state index in [9.17, 15) is 9.59 Å². The van der Waals surface area contributed by atoms with E-state index in [1.54, 1.807) is 27.5 Å². The molecular weight excluding hydrogens is 343 g/mol. The van der Waals surface area contributed by atoms with Gasteiger partial charge in [0.15, 0.2) is 0 Å². The number of carbonyl (C=O) groups excluding carboxylic acids is 2. The van der Waals surface area contributed by atoms with Crippen LogP contribution < -0.4 is 5.32 Å². The summed E-state index contributed by atoms with van der Waals surface area (Å²) in [6.45, 7) is 4.68. The van der Waals surface area contributed by atoms with Crippen molar-refractivity contribution in [2.45, 2.75) is 39.5 Å². The Kier molecular flexibility index (Phi) is 4.09. The van der Waals surface area contributed by atoms with Crippen molar-refractivity contribution >= 4 is 32.3 Å². The zero-order valence-electron chi connectivity index (χ0n) is 10.7. The lowest BCUT2D eigenvalue weighted by atomic mass is 9.99. The maximum atomic E-state index is 12.4. The van der Waals surface area contributed by atoms with Gasteiger partial charge in [-0.2, -0.15) is 0 Å². The molecule has 0 aromatic carbocycles. The SMILES string of the molecule is CCCC1=C(C)NC2=C(C(=O)I)CCCN2C1=O. The highest BCUT2D eigenvalue weighted by molar-refractivity contribution is 14.1. The van der Waals surface area contributed by atoms with E-state index in [4.69, 9.17) is 0 Å². The molecule has 0 saturated carbocycles. The molecule has 0 fully saturated rings. The fourth-order valence-corrected chi connectivity index (χ4v) is 2.99. The van der Waals surface area contributed by atoms with Gasteiger partial charge in [0.1, 0.15) is 5.82 Å². The molecule has 5 heteroatoms. The van der Waals surface area contributed by atoms with Crippen molar-refractivity contribution < 1.29 is 9.59 Å². The minimum absolute atomic E-state index is 0.0272. The Hall–Kier alpha value is -0.850. The second-order valence-corrected chi connectivity index (χ2v) is 5.62. The van der Waals surface area contributed by atoms with E-state index < -0.39 is 0 Å². The summed E-state index contributed by atoms with van der Waals surface area (Å²) in [6.07, 6.45) is 3.35. The average molecular weight is 360 g/mol. The second kappa shape index (κ2) is 5.42. The average Bonchev–Trinajstić information content (AvgIpc) is 2.33. The molecule has 0 aromatic heterocycles. The molecule has 0 spiro atoms. The highest BCUT2D eigenvalue weighted by Crippen LogP contribution is 2.30. The lowest BCUT2D eigenvalue weighted by molar-refractivity contribution is -0.126. The van der Waals surface area contributed by atoms with E-state index in [0.717, 1.165) is 42.5 Å². The monoisotopic (exact) mass is 360 g/mol. The first kappa shape index (κ1) is 13.6. The quantitative estimate of drug-likeness (QED) is 0.622. The van der Waals surface area contributed by atoms with Crippen molar-refractivity contribution in [3.05, 3.63) is 22.7 Å². The number of allylic oxidation sites excluding steroid dienone is 2. The minimum atomic E-state index is 0.0272. The van der Waals surface area contributed by atoms with Crippen LogP contribution in [0.1, 0.15) is 39.5 Å². The number of amides is 1. The maximum absolute atomic E-state index is 12.4. The Labute approximate surface area is 121 Å². The molecule has 0 atom stereocenters. The Morgan fingerprint density at radius 3 is 2.83 bits per heavy atom. The van der Waals surface area contributed by atoms with Gasteiger partial charge in [0, 0.05) is 46.0 Å². The normalized spacial score (nSPS) is 19.9. The van der Waals surface area contributed by atoms with Gasteiger partial charge in [0.25, 0.3) is 5.91 Å². The Morgan fingerprint density at radius 1 is 1.50 bits per heavy atom. The molecule has 0 bridgehead atoms. The van der Waals surface area contributed by atoms with Crippen molar-refractivity contribution in [2.75, 3.05) is 6.54 Å².